The number of aromatic carboxylic acids is 1. The van der Waals surface area contributed by atoms with Crippen LogP contribution in [0.15, 0.2) is 24.4 Å². The molecule has 0 unspecified atom stereocenters. The Kier molecular flexibility index (Phi) is 2.51. The Balaban J connectivity index is 2.24. The van der Waals surface area contributed by atoms with Gasteiger partial charge >= 0.3 is 5.97 Å². The molecule has 15 heavy (non-hydrogen) atoms. The Morgan fingerprint density at radius 1 is 1.53 bits per heavy atom. The van der Waals surface area contributed by atoms with Crippen LogP contribution in [0, 0.1) is 5.13 Å². The van der Waals surface area contributed by atoms with E-state index in [0.29, 0.717) is 0 Å². The molecule has 0 saturated carbocycles. The lowest BCUT2D eigenvalue weighted by atomic mass is 10.4. The summed E-state index contributed by atoms with van der Waals surface area (Å²) in [6.07, 6.45) is 1.41. The minimum atomic E-state index is -1.04. The van der Waals surface area contributed by atoms with Crippen LogP contribution in [-0.4, -0.2) is 20.9 Å². The minimum Gasteiger partial charge on any atom is -0.477 e. The van der Waals surface area contributed by atoms with Crippen LogP contribution in [0.1, 0.15) is 15.4 Å². The van der Waals surface area contributed by atoms with E-state index in [0.717, 1.165) is 16.2 Å². The van der Waals surface area contributed by atoms with E-state index in [9.17, 15) is 9.18 Å². The van der Waals surface area contributed by atoms with Crippen LogP contribution in [0.3, 0.4) is 0 Å². The molecule has 2 rings (SSSR count). The fourth-order valence-electron chi connectivity index (χ4n) is 1.22. The molecular formula is C9H7FN2O2S. The molecule has 0 aliphatic heterocycles. The second kappa shape index (κ2) is 3.82. The van der Waals surface area contributed by atoms with Crippen molar-refractivity contribution in [3.05, 3.63) is 40.1 Å². The summed E-state index contributed by atoms with van der Waals surface area (Å²) in [5, 5.41) is 12.4. The van der Waals surface area contributed by atoms with Crippen molar-refractivity contribution in [2.24, 2.45) is 0 Å². The zero-order valence-electron chi connectivity index (χ0n) is 7.55. The highest BCUT2D eigenvalue weighted by molar-refractivity contribution is 7.10. The number of nitrogens with zero attached hydrogens (tertiary/aromatic N) is 2. The van der Waals surface area contributed by atoms with Gasteiger partial charge in [-0.25, -0.2) is 4.79 Å². The minimum absolute atomic E-state index is 0.101. The highest BCUT2D eigenvalue weighted by Gasteiger charge is 2.10. The molecule has 0 bridgehead atoms. The van der Waals surface area contributed by atoms with Crippen molar-refractivity contribution in [1.82, 2.24) is 9.78 Å². The van der Waals surface area contributed by atoms with Crippen LogP contribution in [0.25, 0.3) is 0 Å². The Bertz CT molecular complexity index is 492. The first-order valence-corrected chi connectivity index (χ1v) is 4.98. The molecule has 4 nitrogen and oxygen atoms in total. The molecule has 0 spiro atoms. The number of aromatic nitrogens is 2. The highest BCUT2D eigenvalue weighted by Crippen LogP contribution is 2.16. The number of carbonyl (C=O) groups is 1. The van der Waals surface area contributed by atoms with Gasteiger partial charge in [-0.1, -0.05) is 0 Å². The van der Waals surface area contributed by atoms with Gasteiger partial charge in [0.15, 0.2) is 5.13 Å². The van der Waals surface area contributed by atoms with Gasteiger partial charge in [0, 0.05) is 11.1 Å². The molecule has 2 heterocycles. The molecule has 78 valence electrons. The molecule has 0 aromatic carbocycles. The zero-order valence-corrected chi connectivity index (χ0v) is 8.37. The van der Waals surface area contributed by atoms with Crippen molar-refractivity contribution in [1.29, 1.82) is 0 Å². The van der Waals surface area contributed by atoms with E-state index in [1.54, 1.807) is 6.07 Å². The van der Waals surface area contributed by atoms with Crippen LogP contribution in [-0.2, 0) is 6.54 Å². The average molecular weight is 226 g/mol. The van der Waals surface area contributed by atoms with E-state index in [2.05, 4.69) is 5.10 Å². The van der Waals surface area contributed by atoms with Crippen molar-refractivity contribution < 1.29 is 14.3 Å². The third-order valence-electron chi connectivity index (χ3n) is 1.87. The fourth-order valence-corrected chi connectivity index (χ4v) is 1.93. The highest BCUT2D eigenvalue weighted by atomic mass is 32.1. The molecule has 0 amide bonds. The van der Waals surface area contributed by atoms with Gasteiger partial charge in [-0.2, -0.15) is 9.49 Å². The number of rotatable bonds is 3. The summed E-state index contributed by atoms with van der Waals surface area (Å²) in [6.45, 7) is 0.281. The van der Waals surface area contributed by atoms with Gasteiger partial charge in [0.05, 0.1) is 6.54 Å². The first-order valence-electron chi connectivity index (χ1n) is 4.16. The number of carboxylic acid groups (broad SMARTS) is 1. The summed E-state index contributed by atoms with van der Waals surface area (Å²) in [6, 6.07) is 4.38. The van der Waals surface area contributed by atoms with Gasteiger partial charge in [0.2, 0.25) is 0 Å². The van der Waals surface area contributed by atoms with Gasteiger partial charge in [0.1, 0.15) is 5.69 Å². The van der Waals surface area contributed by atoms with Crippen LogP contribution >= 0.6 is 11.3 Å². The Morgan fingerprint density at radius 3 is 2.93 bits per heavy atom. The first kappa shape index (κ1) is 9.85. The number of halogens is 1. The normalized spacial score (nSPS) is 10.5. The predicted molar refractivity (Wildman–Crippen MR) is 52.6 cm³/mol. The fraction of sp³-hybridized carbons (Fsp3) is 0.111. The van der Waals surface area contributed by atoms with Crippen molar-refractivity contribution in [2.75, 3.05) is 0 Å². The monoisotopic (exact) mass is 226 g/mol. The van der Waals surface area contributed by atoms with Gasteiger partial charge < -0.3 is 5.11 Å². The summed E-state index contributed by atoms with van der Waals surface area (Å²) in [7, 11) is 0. The Morgan fingerprint density at radius 2 is 2.33 bits per heavy atom. The number of thiophene rings is 1. The van der Waals surface area contributed by atoms with Gasteiger partial charge in [0.25, 0.3) is 0 Å². The molecule has 0 atom stereocenters. The van der Waals surface area contributed by atoms with Crippen LogP contribution in [0.2, 0.25) is 0 Å². The van der Waals surface area contributed by atoms with Gasteiger partial charge in [-0.3, -0.25) is 4.68 Å². The zero-order chi connectivity index (χ0) is 10.8. The molecule has 2 aromatic heterocycles. The maximum atomic E-state index is 12.7. The molecule has 6 heteroatoms. The first-order chi connectivity index (χ1) is 7.16. The van der Waals surface area contributed by atoms with Crippen LogP contribution in [0.5, 0.6) is 0 Å². The number of carboxylic acids is 1. The third kappa shape index (κ3) is 2.04. The maximum Gasteiger partial charge on any atom is 0.354 e. The molecule has 0 fully saturated rings. The largest absolute Gasteiger partial charge is 0.477 e. The standard InChI is InChI=1S/C9H7FN2O2S/c10-8-2-1-6(15-8)5-12-7(9(13)14)3-4-11-12/h1-4H,5H2,(H,13,14). The lowest BCUT2D eigenvalue weighted by Gasteiger charge is -2.01. The molecule has 0 aliphatic rings. The molecule has 0 radical (unpaired) electrons. The summed E-state index contributed by atoms with van der Waals surface area (Å²) < 4.78 is 14.0. The van der Waals surface area contributed by atoms with Crippen molar-refractivity contribution in [3.63, 3.8) is 0 Å². The van der Waals surface area contributed by atoms with E-state index >= 15 is 0 Å². The maximum absolute atomic E-state index is 12.7. The summed E-state index contributed by atoms with van der Waals surface area (Å²) in [4.78, 5) is 11.5. The van der Waals surface area contributed by atoms with E-state index in [4.69, 9.17) is 5.11 Å². The summed E-state index contributed by atoms with van der Waals surface area (Å²) >= 11 is 0.986. The van der Waals surface area contributed by atoms with Gasteiger partial charge in [-0.15, -0.1) is 11.3 Å². The van der Waals surface area contributed by atoms with Gasteiger partial charge in [-0.05, 0) is 18.2 Å². The number of hydrogen-bond donors (Lipinski definition) is 1. The topological polar surface area (TPSA) is 55.1 Å². The van der Waals surface area contributed by atoms with Crippen LogP contribution in [0.4, 0.5) is 4.39 Å². The van der Waals surface area contributed by atoms with E-state index in [1.165, 1.54) is 23.0 Å². The third-order valence-corrected chi connectivity index (χ3v) is 2.73. The van der Waals surface area contributed by atoms with Crippen molar-refractivity contribution in [3.8, 4) is 0 Å². The lowest BCUT2D eigenvalue weighted by molar-refractivity contribution is 0.0684. The van der Waals surface area contributed by atoms with Crippen LogP contribution < -0.4 is 0 Å². The van der Waals surface area contributed by atoms with Crippen molar-refractivity contribution in [2.45, 2.75) is 6.54 Å². The van der Waals surface area contributed by atoms with E-state index in [1.807, 2.05) is 0 Å². The number of hydrogen-bond acceptors (Lipinski definition) is 3. The molecule has 2 aromatic rings. The molecular weight excluding hydrogens is 219 g/mol. The average Bonchev–Trinajstić information content (AvgIpc) is 2.75. The van der Waals surface area contributed by atoms with E-state index in [-0.39, 0.29) is 17.4 Å². The lowest BCUT2D eigenvalue weighted by Crippen LogP contribution is -2.09. The second-order valence-corrected chi connectivity index (χ2v) is 4.00. The molecule has 0 aliphatic carbocycles. The Labute approximate surface area is 88.6 Å². The molecule has 0 saturated heterocycles. The summed E-state index contributed by atoms with van der Waals surface area (Å²) in [5.41, 5.74) is 0.101. The summed E-state index contributed by atoms with van der Waals surface area (Å²) in [5.74, 6) is -1.04. The molecule has 1 N–H and O–H groups in total. The van der Waals surface area contributed by atoms with Crippen molar-refractivity contribution >= 4 is 17.3 Å². The SMILES string of the molecule is O=C(O)c1ccnn1Cc1ccc(F)s1. The smallest absolute Gasteiger partial charge is 0.354 e. The van der Waals surface area contributed by atoms with E-state index < -0.39 is 5.97 Å². The predicted octanol–water partition coefficient (Wildman–Crippen LogP) is 1.83. The quantitative estimate of drug-likeness (QED) is 0.868. The second-order valence-electron chi connectivity index (χ2n) is 2.89. The Hall–Kier alpha value is -1.69.